The Kier molecular flexibility index (Phi) is 5.87. The molecule has 0 amide bonds. The number of carboxylic acids is 1. The van der Waals surface area contributed by atoms with E-state index in [0.717, 1.165) is 5.56 Å². The van der Waals surface area contributed by atoms with Crippen LogP contribution in [0.1, 0.15) is 32.8 Å². The van der Waals surface area contributed by atoms with E-state index in [9.17, 15) is 9.90 Å². The Morgan fingerprint density at radius 1 is 1.14 bits per heavy atom. The maximum atomic E-state index is 11.2. The van der Waals surface area contributed by atoms with Crippen LogP contribution in [0.2, 0.25) is 0 Å². The van der Waals surface area contributed by atoms with Crippen LogP contribution in [0.4, 0.5) is 0 Å². The van der Waals surface area contributed by atoms with Gasteiger partial charge in [-0.1, -0.05) is 24.3 Å². The fraction of sp³-hybridized carbons (Fsp3) is 0.364. The summed E-state index contributed by atoms with van der Waals surface area (Å²) in [7, 11) is 0. The second-order valence-corrected chi connectivity index (χ2v) is 7.22. The third kappa shape index (κ3) is 4.82. The van der Waals surface area contributed by atoms with Crippen molar-refractivity contribution >= 4 is 11.9 Å². The first-order valence-corrected chi connectivity index (χ1v) is 9.30. The molecule has 0 aliphatic carbocycles. The standard InChI is InChI=1S/C22H25NO5/c1-15-19(23-20(27-15)16-8-5-4-6-9-16)12-13-26-17-10-7-11-18(14-17)28-22(2,3)21(24)25/h4-11,14-15,19H,12-13H2,1-3H3,(H,24,25). The highest BCUT2D eigenvalue weighted by Crippen LogP contribution is 2.25. The van der Waals surface area contributed by atoms with Crippen molar-refractivity contribution in [2.24, 2.45) is 4.99 Å². The number of rotatable bonds is 8. The van der Waals surface area contributed by atoms with E-state index >= 15 is 0 Å². The predicted molar refractivity (Wildman–Crippen MR) is 106 cm³/mol. The first kappa shape index (κ1) is 19.7. The third-order valence-corrected chi connectivity index (χ3v) is 4.52. The zero-order valence-corrected chi connectivity index (χ0v) is 16.3. The molecule has 0 aromatic heterocycles. The van der Waals surface area contributed by atoms with Crippen LogP contribution in [0.25, 0.3) is 0 Å². The van der Waals surface area contributed by atoms with E-state index in [1.54, 1.807) is 18.2 Å². The lowest BCUT2D eigenvalue weighted by Gasteiger charge is -2.21. The smallest absolute Gasteiger partial charge is 0.347 e. The quantitative estimate of drug-likeness (QED) is 0.747. The maximum absolute atomic E-state index is 11.2. The summed E-state index contributed by atoms with van der Waals surface area (Å²) >= 11 is 0. The van der Waals surface area contributed by atoms with Gasteiger partial charge in [0.1, 0.15) is 17.6 Å². The van der Waals surface area contributed by atoms with Gasteiger partial charge in [-0.2, -0.15) is 0 Å². The molecule has 148 valence electrons. The summed E-state index contributed by atoms with van der Waals surface area (Å²) in [4.78, 5) is 15.9. The van der Waals surface area contributed by atoms with Crippen LogP contribution < -0.4 is 9.47 Å². The summed E-state index contributed by atoms with van der Waals surface area (Å²) in [5.41, 5.74) is -0.332. The second-order valence-electron chi connectivity index (χ2n) is 7.22. The van der Waals surface area contributed by atoms with Gasteiger partial charge >= 0.3 is 5.97 Å². The Bertz CT molecular complexity index is 847. The second kappa shape index (κ2) is 8.33. The topological polar surface area (TPSA) is 77.3 Å². The summed E-state index contributed by atoms with van der Waals surface area (Å²) in [6.45, 7) is 5.49. The van der Waals surface area contributed by atoms with Crippen molar-refractivity contribution in [2.45, 2.75) is 44.9 Å². The molecule has 0 saturated carbocycles. The van der Waals surface area contributed by atoms with Crippen LogP contribution in [-0.2, 0) is 9.53 Å². The molecule has 0 spiro atoms. The lowest BCUT2D eigenvalue weighted by Crippen LogP contribution is -2.37. The molecule has 2 unspecified atom stereocenters. The van der Waals surface area contributed by atoms with Crippen molar-refractivity contribution in [2.75, 3.05) is 6.61 Å². The Morgan fingerprint density at radius 3 is 2.57 bits per heavy atom. The minimum atomic E-state index is -1.31. The zero-order chi connectivity index (χ0) is 20.1. The van der Waals surface area contributed by atoms with Crippen LogP contribution in [0.15, 0.2) is 59.6 Å². The molecule has 6 nitrogen and oxygen atoms in total. The van der Waals surface area contributed by atoms with Crippen molar-refractivity contribution in [1.29, 1.82) is 0 Å². The highest BCUT2D eigenvalue weighted by Gasteiger charge is 2.30. The summed E-state index contributed by atoms with van der Waals surface area (Å²) in [5.74, 6) is 0.717. The van der Waals surface area contributed by atoms with Gasteiger partial charge < -0.3 is 19.3 Å². The molecule has 2 aromatic rings. The molecule has 0 fully saturated rings. The SMILES string of the molecule is CC1OC(c2ccccc2)=NC1CCOc1cccc(OC(C)(C)C(=O)O)c1. The molecule has 1 N–H and O–H groups in total. The summed E-state index contributed by atoms with van der Waals surface area (Å²) < 4.78 is 17.2. The molecular formula is C22H25NO5. The van der Waals surface area contributed by atoms with Crippen molar-refractivity contribution < 1.29 is 24.1 Å². The molecule has 1 aliphatic heterocycles. The third-order valence-electron chi connectivity index (χ3n) is 4.52. The summed E-state index contributed by atoms with van der Waals surface area (Å²) in [5, 5.41) is 9.18. The molecule has 0 bridgehead atoms. The monoisotopic (exact) mass is 383 g/mol. The predicted octanol–water partition coefficient (Wildman–Crippen LogP) is 3.93. The van der Waals surface area contributed by atoms with Gasteiger partial charge in [-0.05, 0) is 45.0 Å². The normalized spacial score (nSPS) is 18.9. The molecule has 2 aromatic carbocycles. The van der Waals surface area contributed by atoms with E-state index in [4.69, 9.17) is 14.2 Å². The van der Waals surface area contributed by atoms with E-state index in [0.29, 0.717) is 30.4 Å². The largest absolute Gasteiger partial charge is 0.493 e. The Hall–Kier alpha value is -3.02. The van der Waals surface area contributed by atoms with Crippen LogP contribution in [-0.4, -0.2) is 41.3 Å². The number of carboxylic acid groups (broad SMARTS) is 1. The van der Waals surface area contributed by atoms with Crippen LogP contribution in [0, 0.1) is 0 Å². The molecule has 3 rings (SSSR count). The highest BCUT2D eigenvalue weighted by molar-refractivity contribution is 5.95. The number of hydrogen-bond acceptors (Lipinski definition) is 5. The number of aliphatic carboxylic acids is 1. The van der Waals surface area contributed by atoms with Crippen LogP contribution >= 0.6 is 0 Å². The van der Waals surface area contributed by atoms with Crippen molar-refractivity contribution in [1.82, 2.24) is 0 Å². The van der Waals surface area contributed by atoms with Gasteiger partial charge in [0.25, 0.3) is 0 Å². The summed E-state index contributed by atoms with van der Waals surface area (Å²) in [6.07, 6.45) is 0.702. The van der Waals surface area contributed by atoms with E-state index in [-0.39, 0.29) is 12.1 Å². The first-order chi connectivity index (χ1) is 13.3. The van der Waals surface area contributed by atoms with Crippen LogP contribution in [0.5, 0.6) is 11.5 Å². The molecule has 0 radical (unpaired) electrons. The Morgan fingerprint density at radius 2 is 1.86 bits per heavy atom. The van der Waals surface area contributed by atoms with Gasteiger partial charge in [0.2, 0.25) is 5.90 Å². The minimum absolute atomic E-state index is 0.00941. The molecule has 28 heavy (non-hydrogen) atoms. The fourth-order valence-corrected chi connectivity index (χ4v) is 2.83. The molecule has 1 heterocycles. The highest BCUT2D eigenvalue weighted by atomic mass is 16.5. The van der Waals surface area contributed by atoms with Gasteiger partial charge in [0, 0.05) is 18.1 Å². The molecule has 0 saturated heterocycles. The molecule has 2 atom stereocenters. The molecule has 1 aliphatic rings. The van der Waals surface area contributed by atoms with Crippen molar-refractivity contribution in [3.8, 4) is 11.5 Å². The number of hydrogen-bond donors (Lipinski definition) is 1. The molecule has 6 heteroatoms. The van der Waals surface area contributed by atoms with E-state index in [1.165, 1.54) is 13.8 Å². The van der Waals surface area contributed by atoms with E-state index in [2.05, 4.69) is 4.99 Å². The van der Waals surface area contributed by atoms with E-state index in [1.807, 2.05) is 43.3 Å². The maximum Gasteiger partial charge on any atom is 0.347 e. The summed E-state index contributed by atoms with van der Waals surface area (Å²) in [6, 6.07) is 16.9. The van der Waals surface area contributed by atoms with Crippen molar-refractivity contribution in [3.63, 3.8) is 0 Å². The molecular weight excluding hydrogens is 358 g/mol. The average Bonchev–Trinajstić information content (AvgIpc) is 3.03. The van der Waals surface area contributed by atoms with E-state index < -0.39 is 11.6 Å². The number of benzene rings is 2. The van der Waals surface area contributed by atoms with Gasteiger partial charge in [-0.3, -0.25) is 0 Å². The Balaban J connectivity index is 1.56. The minimum Gasteiger partial charge on any atom is -0.493 e. The lowest BCUT2D eigenvalue weighted by molar-refractivity contribution is -0.152. The zero-order valence-electron chi connectivity index (χ0n) is 16.3. The van der Waals surface area contributed by atoms with Gasteiger partial charge in [-0.15, -0.1) is 0 Å². The number of carbonyl (C=O) groups is 1. The average molecular weight is 383 g/mol. The number of aliphatic imine (C=N–C) groups is 1. The van der Waals surface area contributed by atoms with Crippen molar-refractivity contribution in [3.05, 3.63) is 60.2 Å². The Labute approximate surface area is 164 Å². The fourth-order valence-electron chi connectivity index (χ4n) is 2.83. The lowest BCUT2D eigenvalue weighted by atomic mass is 10.1. The van der Waals surface area contributed by atoms with Crippen LogP contribution in [0.3, 0.4) is 0 Å². The number of ether oxygens (including phenoxy) is 3. The van der Waals surface area contributed by atoms with Gasteiger partial charge in [-0.25, -0.2) is 9.79 Å². The van der Waals surface area contributed by atoms with Gasteiger partial charge in [0.15, 0.2) is 5.60 Å². The van der Waals surface area contributed by atoms with Gasteiger partial charge in [0.05, 0.1) is 12.6 Å². The number of nitrogens with zero attached hydrogens (tertiary/aromatic N) is 1. The first-order valence-electron chi connectivity index (χ1n) is 9.30.